The Morgan fingerprint density at radius 3 is 2.53 bits per heavy atom. The Bertz CT molecular complexity index is 1370. The summed E-state index contributed by atoms with van der Waals surface area (Å²) >= 11 is 0. The van der Waals surface area contributed by atoms with E-state index in [9.17, 15) is 19.2 Å². The van der Waals surface area contributed by atoms with Gasteiger partial charge in [-0.15, -0.1) is 0 Å². The molecule has 0 aliphatic carbocycles. The second-order valence-corrected chi connectivity index (χ2v) is 10.1. The molecule has 9 nitrogen and oxygen atoms in total. The zero-order valence-electron chi connectivity index (χ0n) is 22.3. The van der Waals surface area contributed by atoms with Crippen molar-refractivity contribution >= 4 is 17.5 Å². The molecule has 0 bridgehead atoms. The van der Waals surface area contributed by atoms with Crippen molar-refractivity contribution in [3.63, 3.8) is 0 Å². The van der Waals surface area contributed by atoms with E-state index in [4.69, 9.17) is 5.73 Å². The molecule has 3 heterocycles. The Hall–Kier alpha value is -3.72. The van der Waals surface area contributed by atoms with Crippen molar-refractivity contribution in [1.29, 1.82) is 0 Å². The van der Waals surface area contributed by atoms with Crippen LogP contribution in [0.25, 0.3) is 0 Å². The van der Waals surface area contributed by atoms with Crippen LogP contribution in [0, 0.1) is 0 Å². The number of hydrogen-bond acceptors (Lipinski definition) is 6. The van der Waals surface area contributed by atoms with E-state index in [1.165, 1.54) is 10.1 Å². The van der Waals surface area contributed by atoms with Crippen molar-refractivity contribution in [1.82, 2.24) is 18.9 Å². The molecule has 2 N–H and O–H groups in total. The van der Waals surface area contributed by atoms with Crippen molar-refractivity contribution in [3.05, 3.63) is 86.1 Å². The number of ketones is 1. The summed E-state index contributed by atoms with van der Waals surface area (Å²) in [5.74, 6) is -0.611. The number of piperidine rings is 1. The van der Waals surface area contributed by atoms with E-state index in [2.05, 4.69) is 13.5 Å². The van der Waals surface area contributed by atoms with Crippen LogP contribution < -0.4 is 17.0 Å². The van der Waals surface area contributed by atoms with Crippen molar-refractivity contribution in [3.8, 4) is 0 Å². The molecule has 0 spiro atoms. The van der Waals surface area contributed by atoms with Crippen molar-refractivity contribution in [2.75, 3.05) is 31.9 Å². The SMILES string of the molecule is C=CC1=C(C)CCN(C(=O)[C@H]2CCCCN2CC(=O)c2c(N)n(Cc3ccccc3)c(=O)n(CC)c2=O)C1. The molecule has 2 aromatic rings. The van der Waals surface area contributed by atoms with Crippen LogP contribution >= 0.6 is 0 Å². The van der Waals surface area contributed by atoms with E-state index < -0.39 is 23.1 Å². The number of anilines is 1. The smallest absolute Gasteiger partial charge is 0.332 e. The Morgan fingerprint density at radius 1 is 1.11 bits per heavy atom. The first-order valence-electron chi connectivity index (χ1n) is 13.3. The lowest BCUT2D eigenvalue weighted by Gasteiger charge is -2.39. The van der Waals surface area contributed by atoms with Crippen molar-refractivity contribution in [2.24, 2.45) is 0 Å². The molecule has 2 aliphatic heterocycles. The quantitative estimate of drug-likeness (QED) is 0.537. The van der Waals surface area contributed by atoms with E-state index in [0.717, 1.165) is 35.0 Å². The Balaban J connectivity index is 1.62. The van der Waals surface area contributed by atoms with Crippen LogP contribution in [0.1, 0.15) is 55.5 Å². The van der Waals surface area contributed by atoms with Crippen molar-refractivity contribution < 1.29 is 9.59 Å². The van der Waals surface area contributed by atoms with Gasteiger partial charge in [0.05, 0.1) is 19.1 Å². The molecule has 38 heavy (non-hydrogen) atoms. The minimum absolute atomic E-state index is 0.00246. The van der Waals surface area contributed by atoms with Crippen LogP contribution in [0.5, 0.6) is 0 Å². The number of aromatic nitrogens is 2. The lowest BCUT2D eigenvalue weighted by molar-refractivity contribution is -0.137. The first kappa shape index (κ1) is 27.3. The number of Topliss-reactive ketones (excluding diaryl/α,β-unsaturated/α-hetero) is 1. The van der Waals surface area contributed by atoms with Gasteiger partial charge < -0.3 is 10.6 Å². The summed E-state index contributed by atoms with van der Waals surface area (Å²) in [5, 5.41) is 0. The van der Waals surface area contributed by atoms with Gasteiger partial charge in [-0.05, 0) is 50.8 Å². The highest BCUT2D eigenvalue weighted by atomic mass is 16.2. The Kier molecular flexibility index (Phi) is 8.46. The maximum atomic E-state index is 13.6. The summed E-state index contributed by atoms with van der Waals surface area (Å²) in [6.07, 6.45) is 5.01. The molecule has 1 saturated heterocycles. The highest BCUT2D eigenvalue weighted by molar-refractivity contribution is 6.01. The van der Waals surface area contributed by atoms with Gasteiger partial charge in [0, 0.05) is 19.6 Å². The molecule has 1 fully saturated rings. The predicted molar refractivity (Wildman–Crippen MR) is 148 cm³/mol. The largest absolute Gasteiger partial charge is 0.384 e. The highest BCUT2D eigenvalue weighted by Crippen LogP contribution is 2.24. The minimum atomic E-state index is -0.684. The lowest BCUT2D eigenvalue weighted by atomic mass is 9.97. The van der Waals surface area contributed by atoms with Gasteiger partial charge in [0.25, 0.3) is 5.56 Å². The number of amides is 1. The monoisotopic (exact) mass is 519 g/mol. The van der Waals surface area contributed by atoms with Gasteiger partial charge in [0.15, 0.2) is 5.78 Å². The van der Waals surface area contributed by atoms with E-state index >= 15 is 0 Å². The molecule has 4 rings (SSSR count). The number of carbonyl (C=O) groups excluding carboxylic acids is 2. The first-order chi connectivity index (χ1) is 18.3. The number of rotatable bonds is 8. The normalized spacial score (nSPS) is 18.5. The van der Waals surface area contributed by atoms with E-state index in [0.29, 0.717) is 26.1 Å². The van der Waals surface area contributed by atoms with E-state index in [1.54, 1.807) is 6.92 Å². The van der Waals surface area contributed by atoms with Gasteiger partial charge >= 0.3 is 5.69 Å². The first-order valence-corrected chi connectivity index (χ1v) is 13.3. The number of benzene rings is 1. The molecule has 2 aliphatic rings. The minimum Gasteiger partial charge on any atom is -0.384 e. The second-order valence-electron chi connectivity index (χ2n) is 10.1. The molecule has 1 aromatic heterocycles. The van der Waals surface area contributed by atoms with Crippen LogP contribution in [-0.2, 0) is 17.9 Å². The zero-order chi connectivity index (χ0) is 27.4. The number of carbonyl (C=O) groups is 2. The molecular formula is C29H37N5O4. The van der Waals surface area contributed by atoms with Gasteiger partial charge in [-0.25, -0.2) is 4.79 Å². The number of nitrogens with zero attached hydrogens (tertiary/aromatic N) is 4. The second kappa shape index (κ2) is 11.8. The topological polar surface area (TPSA) is 111 Å². The van der Waals surface area contributed by atoms with Gasteiger partial charge in [-0.2, -0.15) is 0 Å². The van der Waals surface area contributed by atoms with Gasteiger partial charge in [-0.1, -0.05) is 55.0 Å². The number of nitrogens with two attached hydrogens (primary N) is 1. The average Bonchev–Trinajstić information content (AvgIpc) is 2.92. The van der Waals surface area contributed by atoms with E-state index in [-0.39, 0.29) is 36.9 Å². The third kappa shape index (κ3) is 5.43. The van der Waals surface area contributed by atoms with Crippen LogP contribution in [0.15, 0.2) is 63.7 Å². The lowest BCUT2D eigenvalue weighted by Crippen LogP contribution is -2.54. The van der Waals surface area contributed by atoms with Crippen LogP contribution in [0.4, 0.5) is 5.82 Å². The highest BCUT2D eigenvalue weighted by Gasteiger charge is 2.35. The third-order valence-corrected chi connectivity index (χ3v) is 7.72. The molecule has 1 aromatic carbocycles. The summed E-state index contributed by atoms with van der Waals surface area (Å²) in [6, 6.07) is 8.84. The molecule has 0 saturated carbocycles. The Morgan fingerprint density at radius 2 is 1.84 bits per heavy atom. The summed E-state index contributed by atoms with van der Waals surface area (Å²) in [7, 11) is 0. The average molecular weight is 520 g/mol. The molecule has 1 atom stereocenters. The fourth-order valence-electron chi connectivity index (χ4n) is 5.42. The number of nitrogen functional groups attached to an aromatic ring is 1. The maximum absolute atomic E-state index is 13.6. The van der Waals surface area contributed by atoms with Gasteiger partial charge in [0.1, 0.15) is 11.4 Å². The van der Waals surface area contributed by atoms with Crippen molar-refractivity contribution in [2.45, 2.75) is 58.7 Å². The predicted octanol–water partition coefficient (Wildman–Crippen LogP) is 2.43. The molecule has 1 amide bonds. The molecule has 0 unspecified atom stereocenters. The Labute approximate surface area is 222 Å². The molecule has 0 radical (unpaired) electrons. The summed E-state index contributed by atoms with van der Waals surface area (Å²) in [4.78, 5) is 57.2. The standard InChI is InChI=1S/C29H37N5O4/c1-4-22-18-32(16-14-20(22)3)27(36)23-13-9-10-15-31(23)19-24(35)25-26(30)34(17-21-11-7-6-8-12-21)29(38)33(5-2)28(25)37/h4,6-8,11-12,23H,1,5,9-10,13-19,30H2,2-3H3/t23-/m1/s1. The van der Waals surface area contributed by atoms with Gasteiger partial charge in [0.2, 0.25) is 5.91 Å². The fourth-order valence-corrected chi connectivity index (χ4v) is 5.42. The zero-order valence-corrected chi connectivity index (χ0v) is 22.3. The summed E-state index contributed by atoms with van der Waals surface area (Å²) in [6.45, 7) is 9.51. The number of hydrogen-bond donors (Lipinski definition) is 1. The van der Waals surface area contributed by atoms with Gasteiger partial charge in [-0.3, -0.25) is 28.4 Å². The van der Waals surface area contributed by atoms with Crippen LogP contribution in [-0.4, -0.2) is 62.8 Å². The maximum Gasteiger partial charge on any atom is 0.332 e. The van der Waals surface area contributed by atoms with Crippen LogP contribution in [0.2, 0.25) is 0 Å². The number of likely N-dealkylation sites (tertiary alicyclic amines) is 1. The van der Waals surface area contributed by atoms with Crippen LogP contribution in [0.3, 0.4) is 0 Å². The molecule has 202 valence electrons. The third-order valence-electron chi connectivity index (χ3n) is 7.72. The summed E-state index contributed by atoms with van der Waals surface area (Å²) in [5.41, 5.74) is 8.05. The molecular weight excluding hydrogens is 482 g/mol. The fraction of sp³-hybridized carbons (Fsp3) is 0.448. The van der Waals surface area contributed by atoms with E-state index in [1.807, 2.05) is 46.2 Å². The summed E-state index contributed by atoms with van der Waals surface area (Å²) < 4.78 is 2.33. The molecule has 9 heteroatoms.